The average molecular weight is 699 g/mol. The van der Waals surface area contributed by atoms with Gasteiger partial charge in [-0.15, -0.1) is 0 Å². The Kier molecular flexibility index (Phi) is 10.7. The normalized spacial score (nSPS) is 14.6. The fourth-order valence-electron chi connectivity index (χ4n) is 6.34. The molecule has 49 heavy (non-hydrogen) atoms. The van der Waals surface area contributed by atoms with E-state index in [1.54, 1.807) is 16.5 Å². The van der Waals surface area contributed by atoms with E-state index in [0.29, 0.717) is 12.5 Å². The van der Waals surface area contributed by atoms with Gasteiger partial charge < -0.3 is 14.5 Å². The number of fused-ring (bicyclic) bond motifs is 1. The van der Waals surface area contributed by atoms with Gasteiger partial charge >= 0.3 is 6.18 Å². The van der Waals surface area contributed by atoms with Gasteiger partial charge in [0.1, 0.15) is 12.4 Å². The first-order valence-electron chi connectivity index (χ1n) is 16.3. The fraction of sp³-hybridized carbons (Fsp3) is 0.500. The zero-order chi connectivity index (χ0) is 35.5. The Labute approximate surface area is 284 Å². The number of aryl methyl sites for hydroxylation is 2. The Hall–Kier alpha value is -4.45. The monoisotopic (exact) mass is 698 g/mol. The van der Waals surface area contributed by atoms with E-state index >= 15 is 0 Å². The molecule has 1 aliphatic rings. The van der Waals surface area contributed by atoms with Gasteiger partial charge in [0.15, 0.2) is 21.2 Å². The van der Waals surface area contributed by atoms with Crippen LogP contribution in [0.15, 0.2) is 36.7 Å². The van der Waals surface area contributed by atoms with Crippen LogP contribution in [0.5, 0.6) is 5.75 Å². The molecule has 0 aliphatic heterocycles. The number of aromatic nitrogens is 5. The van der Waals surface area contributed by atoms with E-state index in [4.69, 9.17) is 9.72 Å². The first-order chi connectivity index (χ1) is 23.2. The average Bonchev–Trinajstić information content (AvgIpc) is 3.67. The maximum Gasteiger partial charge on any atom is 0.416 e. The van der Waals surface area contributed by atoms with Crippen molar-refractivity contribution in [1.82, 2.24) is 24.7 Å². The van der Waals surface area contributed by atoms with Gasteiger partial charge in [0.05, 0.1) is 53.6 Å². The van der Waals surface area contributed by atoms with E-state index < -0.39 is 27.6 Å². The molecule has 1 saturated carbocycles. The summed E-state index contributed by atoms with van der Waals surface area (Å²) in [6, 6.07) is 6.50. The molecule has 0 radical (unpaired) electrons. The highest BCUT2D eigenvalue weighted by Crippen LogP contribution is 2.36. The third-order valence-electron chi connectivity index (χ3n) is 8.99. The van der Waals surface area contributed by atoms with Crippen molar-refractivity contribution in [1.29, 1.82) is 5.26 Å². The van der Waals surface area contributed by atoms with E-state index in [1.807, 2.05) is 26.1 Å². The number of halogens is 3. The lowest BCUT2D eigenvalue weighted by Gasteiger charge is -2.33. The van der Waals surface area contributed by atoms with Crippen LogP contribution in [0.4, 0.5) is 24.9 Å². The quantitative estimate of drug-likeness (QED) is 0.160. The molecule has 0 spiro atoms. The molecule has 11 nitrogen and oxygen atoms in total. The highest BCUT2D eigenvalue weighted by Gasteiger charge is 2.33. The van der Waals surface area contributed by atoms with Crippen LogP contribution >= 0.6 is 0 Å². The number of anilines is 2. The van der Waals surface area contributed by atoms with Crippen LogP contribution in [0, 0.1) is 24.2 Å². The number of pyridine rings is 1. The van der Waals surface area contributed by atoms with Crippen molar-refractivity contribution < 1.29 is 26.3 Å². The maximum absolute atomic E-state index is 14.0. The van der Waals surface area contributed by atoms with E-state index in [2.05, 4.69) is 26.9 Å². The molecular formula is C34H41F3N8O3S. The van der Waals surface area contributed by atoms with Gasteiger partial charge in [-0.1, -0.05) is 12.8 Å². The summed E-state index contributed by atoms with van der Waals surface area (Å²) in [5, 5.41) is 15.1. The minimum absolute atomic E-state index is 0.0871. The third kappa shape index (κ3) is 8.59. The molecule has 262 valence electrons. The van der Waals surface area contributed by atoms with Crippen LogP contribution in [0.2, 0.25) is 0 Å². The second-order valence-corrected chi connectivity index (χ2v) is 15.0. The summed E-state index contributed by atoms with van der Waals surface area (Å²) in [7, 11) is -1.40. The molecule has 1 atom stereocenters. The number of hydrogen-bond donors (Lipinski definition) is 0. The van der Waals surface area contributed by atoms with Crippen molar-refractivity contribution in [2.75, 3.05) is 41.5 Å². The van der Waals surface area contributed by atoms with E-state index in [9.17, 15) is 26.9 Å². The number of nitriles is 1. The zero-order valence-electron chi connectivity index (χ0n) is 28.3. The minimum atomic E-state index is -4.66. The summed E-state index contributed by atoms with van der Waals surface area (Å²) in [6.45, 7) is 7.33. The van der Waals surface area contributed by atoms with Crippen LogP contribution in [-0.4, -0.2) is 64.9 Å². The lowest BCUT2D eigenvalue weighted by molar-refractivity contribution is -0.137. The molecule has 1 aromatic carbocycles. The Morgan fingerprint density at radius 1 is 1.14 bits per heavy atom. The highest BCUT2D eigenvalue weighted by molar-refractivity contribution is 7.90. The van der Waals surface area contributed by atoms with Crippen LogP contribution < -0.4 is 14.5 Å². The van der Waals surface area contributed by atoms with Crippen LogP contribution in [-0.2, 0) is 29.6 Å². The second-order valence-electron chi connectivity index (χ2n) is 12.7. The Morgan fingerprint density at radius 2 is 1.84 bits per heavy atom. The van der Waals surface area contributed by atoms with Gasteiger partial charge in [-0.25, -0.2) is 23.4 Å². The molecule has 1 fully saturated rings. The summed E-state index contributed by atoms with van der Waals surface area (Å²) in [5.74, 6) is 1.54. The predicted octanol–water partition coefficient (Wildman–Crippen LogP) is 6.16. The number of nitrogens with zero attached hydrogens (tertiary/aromatic N) is 8. The van der Waals surface area contributed by atoms with Crippen molar-refractivity contribution in [3.63, 3.8) is 0 Å². The second kappa shape index (κ2) is 14.6. The first kappa shape index (κ1) is 35.8. The van der Waals surface area contributed by atoms with Gasteiger partial charge in [-0.3, -0.25) is 4.68 Å². The van der Waals surface area contributed by atoms with Gasteiger partial charge in [0.2, 0.25) is 5.95 Å². The molecule has 0 saturated heterocycles. The molecule has 0 bridgehead atoms. The zero-order valence-corrected chi connectivity index (χ0v) is 29.1. The highest BCUT2D eigenvalue weighted by atomic mass is 32.2. The number of benzene rings is 1. The molecule has 0 N–H and O–H groups in total. The largest absolute Gasteiger partial charge is 0.489 e. The smallest absolute Gasteiger partial charge is 0.416 e. The molecule has 1 aliphatic carbocycles. The molecule has 1 unspecified atom stereocenters. The van der Waals surface area contributed by atoms with Crippen LogP contribution in [0.1, 0.15) is 73.5 Å². The molecule has 3 aromatic heterocycles. The summed E-state index contributed by atoms with van der Waals surface area (Å²) < 4.78 is 72.3. The van der Waals surface area contributed by atoms with Gasteiger partial charge in [0.25, 0.3) is 0 Å². The van der Waals surface area contributed by atoms with E-state index in [0.717, 1.165) is 65.9 Å². The molecule has 15 heteroatoms. The molecule has 0 amide bonds. The number of rotatable bonds is 13. The van der Waals surface area contributed by atoms with Gasteiger partial charge in [-0.2, -0.15) is 23.5 Å². The van der Waals surface area contributed by atoms with Crippen molar-refractivity contribution in [2.45, 2.75) is 65.2 Å². The van der Waals surface area contributed by atoms with Gasteiger partial charge in [-0.05, 0) is 69.4 Å². The number of hydrogen-bond acceptors (Lipinski definition) is 10. The Bertz CT molecular complexity index is 1940. The Balaban J connectivity index is 1.61. The summed E-state index contributed by atoms with van der Waals surface area (Å²) in [5.41, 5.74) is 1.56. The number of ether oxygens (including phenoxy) is 1. The SMILES string of the molecule is CCN(CC1CCCC1)c1nc2c(cc1CN(c1ncc(OCCS(C)(=O)=O)cn1)C(C)c1cc(C#N)cc(C(F)(F)F)c1)c(C)nn2C. The maximum atomic E-state index is 14.0. The third-order valence-corrected chi connectivity index (χ3v) is 9.89. The van der Waals surface area contributed by atoms with E-state index in [-0.39, 0.29) is 41.7 Å². The molecule has 4 aromatic rings. The number of alkyl halides is 3. The topological polar surface area (TPSA) is 130 Å². The van der Waals surface area contributed by atoms with Crippen molar-refractivity contribution in [2.24, 2.45) is 13.0 Å². The van der Waals surface area contributed by atoms with Crippen molar-refractivity contribution in [3.8, 4) is 11.8 Å². The lowest BCUT2D eigenvalue weighted by Crippen LogP contribution is -2.33. The van der Waals surface area contributed by atoms with Crippen molar-refractivity contribution >= 4 is 32.6 Å². The standard InChI is InChI=1S/C34H41F3N8O3S/c1-6-44(20-24-9-7-8-10-24)31-27(16-30-22(2)42-43(4)32(30)41-31)21-45(33-39-18-29(19-40-33)48-11-12-49(5,46)47)23(3)26-13-25(17-38)14-28(15-26)34(35,36)37/h13-16,18-19,23-24H,6-12,20-21H2,1-5H3. The molecular weight excluding hydrogens is 657 g/mol. The summed E-state index contributed by atoms with van der Waals surface area (Å²) in [4.78, 5) is 18.2. The van der Waals surface area contributed by atoms with E-state index in [1.165, 1.54) is 31.3 Å². The first-order valence-corrected chi connectivity index (χ1v) is 18.3. The fourth-order valence-corrected chi connectivity index (χ4v) is 6.73. The van der Waals surface area contributed by atoms with Gasteiger partial charge in [0, 0.05) is 37.3 Å². The van der Waals surface area contributed by atoms with Crippen LogP contribution in [0.3, 0.4) is 0 Å². The Morgan fingerprint density at radius 3 is 2.45 bits per heavy atom. The summed E-state index contributed by atoms with van der Waals surface area (Å²) >= 11 is 0. The predicted molar refractivity (Wildman–Crippen MR) is 181 cm³/mol. The number of sulfone groups is 1. The van der Waals surface area contributed by atoms with Crippen molar-refractivity contribution in [3.05, 3.63) is 64.6 Å². The lowest BCUT2D eigenvalue weighted by atomic mass is 9.99. The molecule has 3 heterocycles. The minimum Gasteiger partial charge on any atom is -0.489 e. The summed E-state index contributed by atoms with van der Waals surface area (Å²) in [6.07, 6.45) is 3.95. The van der Waals surface area contributed by atoms with Crippen LogP contribution in [0.25, 0.3) is 11.0 Å². The molecule has 5 rings (SSSR count).